The van der Waals surface area contributed by atoms with Crippen molar-refractivity contribution in [3.63, 3.8) is 0 Å². The molecule has 1 aromatic rings. The van der Waals surface area contributed by atoms with Crippen LogP contribution in [0.3, 0.4) is 0 Å². The van der Waals surface area contributed by atoms with Crippen LogP contribution in [-0.4, -0.2) is 43.7 Å². The van der Waals surface area contributed by atoms with Crippen molar-refractivity contribution in [3.8, 4) is 0 Å². The third kappa shape index (κ3) is 5.39. The molecule has 0 bridgehead atoms. The number of carbonyl (C=O) groups is 1. The molecule has 1 saturated heterocycles. The van der Waals surface area contributed by atoms with Crippen LogP contribution in [0, 0.1) is 0 Å². The van der Waals surface area contributed by atoms with Crippen molar-refractivity contribution in [1.29, 1.82) is 0 Å². The third-order valence-electron chi connectivity index (χ3n) is 2.87. The molecule has 2 heterocycles. The second kappa shape index (κ2) is 8.21. The van der Waals surface area contributed by atoms with Crippen LogP contribution in [0.1, 0.15) is 11.3 Å². The fourth-order valence-corrected chi connectivity index (χ4v) is 3.41. The van der Waals surface area contributed by atoms with Crippen LogP contribution in [0.5, 0.6) is 0 Å². The van der Waals surface area contributed by atoms with Crippen LogP contribution in [0.15, 0.2) is 15.9 Å². The van der Waals surface area contributed by atoms with Crippen LogP contribution >= 0.6 is 39.7 Å². The van der Waals surface area contributed by atoms with E-state index in [2.05, 4.69) is 21.2 Å². The normalized spacial score (nSPS) is 18.7. The molecule has 19 heavy (non-hydrogen) atoms. The molecule has 2 rings (SSSR count). The zero-order valence-electron chi connectivity index (χ0n) is 10.7. The third-order valence-corrected chi connectivity index (χ3v) is 4.48. The fraction of sp³-hybridized carbons (Fsp3) is 0.583. The standard InChI is InChI=1S/C12H17BrN2O2S.ClH/c1-15(7-10-2-3-11(13)18-10)12(16)6-9-8-17-5-4-14-9;/h2-3,9,14H,4-8H2,1H3;1H. The topological polar surface area (TPSA) is 41.6 Å². The molecule has 0 radical (unpaired) electrons. The Morgan fingerprint density at radius 3 is 3.00 bits per heavy atom. The lowest BCUT2D eigenvalue weighted by Crippen LogP contribution is -2.44. The monoisotopic (exact) mass is 368 g/mol. The molecule has 108 valence electrons. The number of rotatable bonds is 4. The van der Waals surface area contributed by atoms with E-state index in [0.717, 1.165) is 16.9 Å². The van der Waals surface area contributed by atoms with Crippen molar-refractivity contribution in [2.45, 2.75) is 19.0 Å². The van der Waals surface area contributed by atoms with Gasteiger partial charge in [0, 0.05) is 30.9 Å². The van der Waals surface area contributed by atoms with Crippen molar-refractivity contribution in [3.05, 3.63) is 20.8 Å². The number of nitrogens with zero attached hydrogens (tertiary/aromatic N) is 1. The van der Waals surface area contributed by atoms with E-state index in [-0.39, 0.29) is 24.4 Å². The number of hydrogen-bond acceptors (Lipinski definition) is 4. The fourth-order valence-electron chi connectivity index (χ4n) is 1.88. The summed E-state index contributed by atoms with van der Waals surface area (Å²) in [6, 6.07) is 4.21. The van der Waals surface area contributed by atoms with Gasteiger partial charge in [0.1, 0.15) is 0 Å². The van der Waals surface area contributed by atoms with Gasteiger partial charge < -0.3 is 15.0 Å². The first-order valence-corrected chi connectivity index (χ1v) is 7.55. The molecule has 1 aliphatic rings. The number of hydrogen-bond donors (Lipinski definition) is 1. The highest BCUT2D eigenvalue weighted by molar-refractivity contribution is 9.11. The molecular formula is C12H18BrClN2O2S. The Hall–Kier alpha value is -0.140. The number of amides is 1. The van der Waals surface area contributed by atoms with E-state index in [1.54, 1.807) is 16.2 Å². The smallest absolute Gasteiger partial charge is 0.224 e. The zero-order chi connectivity index (χ0) is 13.0. The summed E-state index contributed by atoms with van der Waals surface area (Å²) in [4.78, 5) is 15.0. The first-order valence-electron chi connectivity index (χ1n) is 5.94. The molecule has 4 nitrogen and oxygen atoms in total. The molecule has 1 atom stereocenters. The SMILES string of the molecule is CN(Cc1ccc(Br)s1)C(=O)CC1COCCN1.Cl. The molecule has 0 aromatic carbocycles. The lowest BCUT2D eigenvalue weighted by Gasteiger charge is -2.25. The molecule has 1 fully saturated rings. The van der Waals surface area contributed by atoms with Crippen molar-refractivity contribution in [2.75, 3.05) is 26.8 Å². The summed E-state index contributed by atoms with van der Waals surface area (Å²) >= 11 is 5.09. The molecule has 0 saturated carbocycles. The first-order chi connectivity index (χ1) is 8.65. The molecule has 1 unspecified atom stereocenters. The Bertz CT molecular complexity index is 410. The summed E-state index contributed by atoms with van der Waals surface area (Å²) in [6.45, 7) is 2.87. The molecule has 1 amide bonds. The molecule has 0 aliphatic carbocycles. The average molecular weight is 370 g/mol. The van der Waals surface area contributed by atoms with Gasteiger partial charge in [0.15, 0.2) is 0 Å². The number of nitrogens with one attached hydrogen (secondary N) is 1. The van der Waals surface area contributed by atoms with Gasteiger partial charge in [-0.05, 0) is 28.1 Å². The van der Waals surface area contributed by atoms with E-state index in [9.17, 15) is 4.79 Å². The van der Waals surface area contributed by atoms with E-state index >= 15 is 0 Å². The van der Waals surface area contributed by atoms with E-state index in [1.165, 1.54) is 4.88 Å². The first kappa shape index (κ1) is 16.9. The van der Waals surface area contributed by atoms with Crippen LogP contribution < -0.4 is 5.32 Å². The van der Waals surface area contributed by atoms with Crippen molar-refractivity contribution >= 4 is 45.6 Å². The van der Waals surface area contributed by atoms with Gasteiger partial charge in [-0.2, -0.15) is 0 Å². The highest BCUT2D eigenvalue weighted by Crippen LogP contribution is 2.23. The van der Waals surface area contributed by atoms with Crippen LogP contribution in [0.4, 0.5) is 0 Å². The Morgan fingerprint density at radius 2 is 2.42 bits per heavy atom. The Labute approximate surface area is 132 Å². The van der Waals surface area contributed by atoms with Crippen molar-refractivity contribution < 1.29 is 9.53 Å². The zero-order valence-corrected chi connectivity index (χ0v) is 13.9. The van der Waals surface area contributed by atoms with E-state index in [4.69, 9.17) is 4.74 Å². The van der Waals surface area contributed by atoms with Gasteiger partial charge in [-0.3, -0.25) is 4.79 Å². The van der Waals surface area contributed by atoms with Gasteiger partial charge in [-0.25, -0.2) is 0 Å². The Morgan fingerprint density at radius 1 is 1.63 bits per heavy atom. The van der Waals surface area contributed by atoms with E-state index < -0.39 is 0 Å². The lowest BCUT2D eigenvalue weighted by atomic mass is 10.2. The molecule has 1 N–H and O–H groups in total. The van der Waals surface area contributed by atoms with E-state index in [1.807, 2.05) is 19.2 Å². The predicted molar refractivity (Wildman–Crippen MR) is 83.0 cm³/mol. The minimum absolute atomic E-state index is 0. The van der Waals surface area contributed by atoms with Crippen LogP contribution in [0.25, 0.3) is 0 Å². The Kier molecular flexibility index (Phi) is 7.31. The summed E-state index contributed by atoms with van der Waals surface area (Å²) in [5.41, 5.74) is 0. The Balaban J connectivity index is 0.00000180. The van der Waals surface area contributed by atoms with Gasteiger partial charge in [-0.15, -0.1) is 23.7 Å². The van der Waals surface area contributed by atoms with Gasteiger partial charge in [0.05, 0.1) is 23.5 Å². The number of carbonyl (C=O) groups excluding carboxylic acids is 1. The highest BCUT2D eigenvalue weighted by atomic mass is 79.9. The number of thiophene rings is 1. The number of halogens is 2. The maximum Gasteiger partial charge on any atom is 0.224 e. The molecule has 7 heteroatoms. The molecule has 0 spiro atoms. The minimum Gasteiger partial charge on any atom is -0.378 e. The molecular weight excluding hydrogens is 352 g/mol. The van der Waals surface area contributed by atoms with Gasteiger partial charge in [0.2, 0.25) is 5.91 Å². The summed E-state index contributed by atoms with van der Waals surface area (Å²) in [5, 5.41) is 3.30. The summed E-state index contributed by atoms with van der Waals surface area (Å²) in [5.74, 6) is 0.155. The van der Waals surface area contributed by atoms with Crippen molar-refractivity contribution in [2.24, 2.45) is 0 Å². The maximum absolute atomic E-state index is 12.0. The largest absolute Gasteiger partial charge is 0.378 e. The second-order valence-corrected chi connectivity index (χ2v) is 6.93. The minimum atomic E-state index is 0. The predicted octanol–water partition coefficient (Wildman–Crippen LogP) is 2.27. The molecule has 1 aliphatic heterocycles. The lowest BCUT2D eigenvalue weighted by molar-refractivity contribution is -0.131. The quantitative estimate of drug-likeness (QED) is 0.885. The summed E-state index contributed by atoms with van der Waals surface area (Å²) in [6.07, 6.45) is 0.503. The highest BCUT2D eigenvalue weighted by Gasteiger charge is 2.19. The van der Waals surface area contributed by atoms with Gasteiger partial charge in [0.25, 0.3) is 0 Å². The van der Waals surface area contributed by atoms with Crippen molar-refractivity contribution in [1.82, 2.24) is 10.2 Å². The van der Waals surface area contributed by atoms with Crippen LogP contribution in [0.2, 0.25) is 0 Å². The number of morpholine rings is 1. The molecule has 1 aromatic heterocycles. The maximum atomic E-state index is 12.0. The number of ether oxygens (including phenoxy) is 1. The van der Waals surface area contributed by atoms with Gasteiger partial charge in [-0.1, -0.05) is 0 Å². The summed E-state index contributed by atoms with van der Waals surface area (Å²) in [7, 11) is 1.85. The van der Waals surface area contributed by atoms with Gasteiger partial charge >= 0.3 is 0 Å². The second-order valence-electron chi connectivity index (χ2n) is 4.39. The van der Waals surface area contributed by atoms with Crippen LogP contribution in [-0.2, 0) is 16.1 Å². The van der Waals surface area contributed by atoms with E-state index in [0.29, 0.717) is 19.6 Å². The average Bonchev–Trinajstić information content (AvgIpc) is 2.76. The summed E-state index contributed by atoms with van der Waals surface area (Å²) < 4.78 is 6.44.